The first-order chi connectivity index (χ1) is 6.74. The van der Waals surface area contributed by atoms with Crippen LogP contribution in [0, 0.1) is 0 Å². The fourth-order valence-electron chi connectivity index (χ4n) is 1.38. The molecule has 0 aliphatic heterocycles. The lowest BCUT2D eigenvalue weighted by atomic mass is 10.2. The molecular weight excluding hydrogens is 280 g/mol. The van der Waals surface area contributed by atoms with Gasteiger partial charge in [0.25, 0.3) is 0 Å². The maximum atomic E-state index is 9.22. The minimum Gasteiger partial charge on any atom is -0.392 e. The molecule has 0 fully saturated rings. The van der Waals surface area contributed by atoms with Crippen molar-refractivity contribution in [3.8, 4) is 0 Å². The lowest BCUT2D eigenvalue weighted by molar-refractivity contribution is 0.283. The summed E-state index contributed by atoms with van der Waals surface area (Å²) >= 11 is 6.92. The molecule has 14 heavy (non-hydrogen) atoms. The number of thiophene rings is 1. The van der Waals surface area contributed by atoms with E-state index in [-0.39, 0.29) is 6.61 Å². The zero-order valence-electron chi connectivity index (χ0n) is 7.58. The third-order valence-corrected chi connectivity index (χ3v) is 4.76. The molecule has 0 unspecified atom stereocenters. The highest BCUT2D eigenvalue weighted by atomic mass is 79.9. The molecule has 0 saturated heterocycles. The number of thioether (sulfide) groups is 1. The standard InChI is InChI=1S/C10H9BrOS2/c1-13-9-4-6-2-8(11)3-7(5-12)10(6)14-9/h2-4,12H,5H2,1H3. The van der Waals surface area contributed by atoms with Gasteiger partial charge in [0.15, 0.2) is 0 Å². The molecule has 4 heteroatoms. The summed E-state index contributed by atoms with van der Waals surface area (Å²) in [5.74, 6) is 0. The summed E-state index contributed by atoms with van der Waals surface area (Å²) in [6.07, 6.45) is 2.07. The van der Waals surface area contributed by atoms with E-state index in [0.717, 1.165) is 10.0 Å². The summed E-state index contributed by atoms with van der Waals surface area (Å²) in [4.78, 5) is 0. The number of aliphatic hydroxyl groups excluding tert-OH is 1. The maximum absolute atomic E-state index is 9.22. The third-order valence-electron chi connectivity index (χ3n) is 2.01. The maximum Gasteiger partial charge on any atom is 0.0696 e. The van der Waals surface area contributed by atoms with Crippen LogP contribution in [-0.2, 0) is 6.61 Å². The Kier molecular flexibility index (Phi) is 3.17. The Morgan fingerprint density at radius 3 is 2.86 bits per heavy atom. The van der Waals surface area contributed by atoms with Crippen molar-refractivity contribution in [1.29, 1.82) is 0 Å². The van der Waals surface area contributed by atoms with Crippen molar-refractivity contribution in [3.63, 3.8) is 0 Å². The van der Waals surface area contributed by atoms with E-state index in [1.54, 1.807) is 23.1 Å². The second-order valence-corrected chi connectivity index (χ2v) is 5.99. The van der Waals surface area contributed by atoms with Crippen LogP contribution in [-0.4, -0.2) is 11.4 Å². The van der Waals surface area contributed by atoms with Gasteiger partial charge in [-0.05, 0) is 35.4 Å². The van der Waals surface area contributed by atoms with Gasteiger partial charge in [0.2, 0.25) is 0 Å². The molecule has 2 rings (SSSR count). The van der Waals surface area contributed by atoms with Gasteiger partial charge in [-0.3, -0.25) is 0 Å². The smallest absolute Gasteiger partial charge is 0.0696 e. The molecule has 0 saturated carbocycles. The highest BCUT2D eigenvalue weighted by molar-refractivity contribution is 9.10. The van der Waals surface area contributed by atoms with Crippen molar-refractivity contribution < 1.29 is 5.11 Å². The number of hydrogen-bond donors (Lipinski definition) is 1. The number of rotatable bonds is 2. The average Bonchev–Trinajstić information content (AvgIpc) is 2.59. The Balaban J connectivity index is 2.71. The molecule has 0 aliphatic rings. The van der Waals surface area contributed by atoms with E-state index >= 15 is 0 Å². The van der Waals surface area contributed by atoms with Crippen molar-refractivity contribution in [2.24, 2.45) is 0 Å². The predicted octanol–water partition coefficient (Wildman–Crippen LogP) is 3.88. The van der Waals surface area contributed by atoms with E-state index in [0.29, 0.717) is 0 Å². The first-order valence-electron chi connectivity index (χ1n) is 4.11. The molecule has 0 bridgehead atoms. The number of halogens is 1. The Morgan fingerprint density at radius 1 is 1.43 bits per heavy atom. The molecule has 1 nitrogen and oxygen atoms in total. The summed E-state index contributed by atoms with van der Waals surface area (Å²) in [6.45, 7) is 0.101. The van der Waals surface area contributed by atoms with Crippen LogP contribution >= 0.6 is 39.0 Å². The lowest BCUT2D eigenvalue weighted by Gasteiger charge is -1.99. The SMILES string of the molecule is CSc1cc2cc(Br)cc(CO)c2s1. The largest absolute Gasteiger partial charge is 0.392 e. The van der Waals surface area contributed by atoms with Gasteiger partial charge in [-0.1, -0.05) is 15.9 Å². The highest BCUT2D eigenvalue weighted by Crippen LogP contribution is 2.35. The topological polar surface area (TPSA) is 20.2 Å². The second-order valence-electron chi connectivity index (χ2n) is 2.91. The van der Waals surface area contributed by atoms with Gasteiger partial charge in [0.05, 0.1) is 10.8 Å². The van der Waals surface area contributed by atoms with E-state index in [4.69, 9.17) is 0 Å². The summed E-state index contributed by atoms with van der Waals surface area (Å²) in [5.41, 5.74) is 1.000. The molecule has 1 aromatic heterocycles. The van der Waals surface area contributed by atoms with Gasteiger partial charge in [-0.2, -0.15) is 0 Å². The number of hydrogen-bond acceptors (Lipinski definition) is 3. The lowest BCUT2D eigenvalue weighted by Crippen LogP contribution is -1.82. The molecule has 0 aliphatic carbocycles. The molecule has 0 amide bonds. The van der Waals surface area contributed by atoms with Crippen LogP contribution in [0.2, 0.25) is 0 Å². The first kappa shape index (κ1) is 10.5. The zero-order valence-corrected chi connectivity index (χ0v) is 10.8. The Morgan fingerprint density at radius 2 is 2.21 bits per heavy atom. The van der Waals surface area contributed by atoms with Crippen molar-refractivity contribution in [1.82, 2.24) is 0 Å². The fourth-order valence-corrected chi connectivity index (χ4v) is 3.61. The predicted molar refractivity (Wildman–Crippen MR) is 67.2 cm³/mol. The summed E-state index contributed by atoms with van der Waals surface area (Å²) in [6, 6.07) is 6.22. The van der Waals surface area contributed by atoms with Crippen LogP contribution in [0.4, 0.5) is 0 Å². The van der Waals surface area contributed by atoms with Gasteiger partial charge in [-0.25, -0.2) is 0 Å². The van der Waals surface area contributed by atoms with Crippen LogP contribution < -0.4 is 0 Å². The minimum absolute atomic E-state index is 0.101. The van der Waals surface area contributed by atoms with Gasteiger partial charge in [-0.15, -0.1) is 23.1 Å². The molecule has 1 N–H and O–H groups in total. The van der Waals surface area contributed by atoms with Gasteiger partial charge >= 0.3 is 0 Å². The summed E-state index contributed by atoms with van der Waals surface area (Å²) < 4.78 is 3.51. The molecule has 1 heterocycles. The Bertz CT molecular complexity index is 464. The normalized spacial score (nSPS) is 11.1. The van der Waals surface area contributed by atoms with Gasteiger partial charge < -0.3 is 5.11 Å². The number of benzene rings is 1. The quantitative estimate of drug-likeness (QED) is 0.847. The van der Waals surface area contributed by atoms with E-state index in [1.165, 1.54) is 14.3 Å². The first-order valence-corrected chi connectivity index (χ1v) is 6.95. The molecule has 2 aromatic rings. The summed E-state index contributed by atoms with van der Waals surface area (Å²) in [5, 5.41) is 10.4. The second kappa shape index (κ2) is 4.23. The molecule has 74 valence electrons. The number of fused-ring (bicyclic) bond motifs is 1. The average molecular weight is 289 g/mol. The zero-order chi connectivity index (χ0) is 10.1. The van der Waals surface area contributed by atoms with E-state index < -0.39 is 0 Å². The monoisotopic (exact) mass is 288 g/mol. The van der Waals surface area contributed by atoms with Crippen LogP contribution in [0.5, 0.6) is 0 Å². The number of aliphatic hydroxyl groups is 1. The van der Waals surface area contributed by atoms with Crippen LogP contribution in [0.1, 0.15) is 5.56 Å². The van der Waals surface area contributed by atoms with Crippen molar-refractivity contribution >= 4 is 49.1 Å². The van der Waals surface area contributed by atoms with E-state index in [9.17, 15) is 5.11 Å². The van der Waals surface area contributed by atoms with Crippen LogP contribution in [0.15, 0.2) is 26.9 Å². The van der Waals surface area contributed by atoms with Crippen LogP contribution in [0.25, 0.3) is 10.1 Å². The molecule has 1 aromatic carbocycles. The fraction of sp³-hybridized carbons (Fsp3) is 0.200. The minimum atomic E-state index is 0.101. The van der Waals surface area contributed by atoms with E-state index in [1.807, 2.05) is 6.07 Å². The van der Waals surface area contributed by atoms with Crippen LogP contribution in [0.3, 0.4) is 0 Å². The third kappa shape index (κ3) is 1.84. The molecular formula is C10H9BrOS2. The summed E-state index contributed by atoms with van der Waals surface area (Å²) in [7, 11) is 0. The molecule has 0 spiro atoms. The van der Waals surface area contributed by atoms with Gasteiger partial charge in [0.1, 0.15) is 0 Å². The van der Waals surface area contributed by atoms with Crippen molar-refractivity contribution in [2.45, 2.75) is 10.8 Å². The van der Waals surface area contributed by atoms with Gasteiger partial charge in [0, 0.05) is 9.17 Å². The molecule has 0 radical (unpaired) electrons. The molecule has 0 atom stereocenters. The van der Waals surface area contributed by atoms with Crippen molar-refractivity contribution in [3.05, 3.63) is 28.2 Å². The Labute approximate surface area is 99.3 Å². The van der Waals surface area contributed by atoms with Crippen molar-refractivity contribution in [2.75, 3.05) is 6.26 Å². The van der Waals surface area contributed by atoms with E-state index in [2.05, 4.69) is 34.3 Å². The highest BCUT2D eigenvalue weighted by Gasteiger charge is 2.06. The Hall–Kier alpha value is -0.0300.